The minimum atomic E-state index is -0.985. The summed E-state index contributed by atoms with van der Waals surface area (Å²) in [5, 5.41) is 12.2. The molecule has 10 heteroatoms. The van der Waals surface area contributed by atoms with E-state index < -0.39 is 22.7 Å². The number of Topliss-reactive ketones (excluding diaryl/α,β-unsaturated/α-hetero) is 1. The number of nitrogens with zero attached hydrogens (tertiary/aromatic N) is 2. The third-order valence-electron chi connectivity index (χ3n) is 7.53. The van der Waals surface area contributed by atoms with Crippen LogP contribution >= 0.6 is 0 Å². The van der Waals surface area contributed by atoms with Gasteiger partial charge < -0.3 is 18.9 Å². The molecule has 3 aliphatic rings. The van der Waals surface area contributed by atoms with Crippen molar-refractivity contribution in [2.45, 2.75) is 51.4 Å². The van der Waals surface area contributed by atoms with E-state index >= 15 is 0 Å². The average Bonchev–Trinajstić information content (AvgIpc) is 3.39. The summed E-state index contributed by atoms with van der Waals surface area (Å²) < 4.78 is 21.7. The number of fused-ring (bicyclic) bond motifs is 1. The van der Waals surface area contributed by atoms with Crippen LogP contribution in [0, 0.1) is 16.0 Å². The molecule has 5 rings (SSSR count). The first-order valence-corrected chi connectivity index (χ1v) is 13.0. The predicted octanol–water partition coefficient (Wildman–Crippen LogP) is 5.25. The first kappa shape index (κ1) is 26.4. The number of rotatable bonds is 8. The number of benzene rings is 2. The first-order chi connectivity index (χ1) is 18.8. The summed E-state index contributed by atoms with van der Waals surface area (Å²) in [6, 6.07) is 10.4. The molecule has 2 aromatic carbocycles. The van der Waals surface area contributed by atoms with E-state index in [9.17, 15) is 19.7 Å². The van der Waals surface area contributed by atoms with E-state index in [1.165, 1.54) is 12.1 Å². The largest absolute Gasteiger partial charge is 0.497 e. The summed E-state index contributed by atoms with van der Waals surface area (Å²) in [5.41, 5.74) is 2.25. The maximum atomic E-state index is 13.8. The van der Waals surface area contributed by atoms with Crippen LogP contribution < -0.4 is 14.2 Å². The summed E-state index contributed by atoms with van der Waals surface area (Å²) in [7, 11) is 1.59. The molecule has 10 nitrogen and oxygen atoms in total. The number of unbranched alkanes of at least 4 members (excludes halogenated alkanes) is 1. The molecule has 0 amide bonds. The average molecular weight is 535 g/mol. The molecule has 1 aliphatic carbocycles. The van der Waals surface area contributed by atoms with Crippen molar-refractivity contribution in [2.24, 2.45) is 10.9 Å². The lowest BCUT2D eigenvalue weighted by Gasteiger charge is -2.36. The maximum absolute atomic E-state index is 13.8. The lowest BCUT2D eigenvalue weighted by Crippen LogP contribution is -2.38. The molecule has 0 N–H and O–H groups in total. The Kier molecular flexibility index (Phi) is 7.36. The van der Waals surface area contributed by atoms with Crippen LogP contribution in [0.1, 0.15) is 62.5 Å². The van der Waals surface area contributed by atoms with Crippen LogP contribution in [0.25, 0.3) is 0 Å². The van der Waals surface area contributed by atoms with Crippen molar-refractivity contribution in [3.63, 3.8) is 0 Å². The molecule has 0 radical (unpaired) electrons. The van der Waals surface area contributed by atoms with E-state index in [4.69, 9.17) is 23.9 Å². The predicted molar refractivity (Wildman–Crippen MR) is 141 cm³/mol. The molecule has 0 bridgehead atoms. The highest BCUT2D eigenvalue weighted by Crippen LogP contribution is 2.51. The molecule has 204 valence electrons. The van der Waals surface area contributed by atoms with Gasteiger partial charge in [-0.1, -0.05) is 25.5 Å². The molecular formula is C29H30N2O8. The summed E-state index contributed by atoms with van der Waals surface area (Å²) in [6.45, 7) is 3.84. The fourth-order valence-corrected chi connectivity index (χ4v) is 5.57. The minimum absolute atomic E-state index is 0.0694. The van der Waals surface area contributed by atoms with Gasteiger partial charge in [-0.3, -0.25) is 24.7 Å². The quantitative estimate of drug-likeness (QED) is 0.194. The number of hydrogen-bond donors (Lipinski definition) is 0. The number of allylic oxidation sites excluding steroid dienone is 2. The standard InChI is InChI=1S/C29H30N2O8/c1-4-5-10-37-29(33)26-16(2)30-21-11-18(17-6-8-19(36-3)9-7-17)12-23(32)28(21)27(26)20-13-24-25(39-15-38-24)14-22(20)31(34)35/h6-9,13-14,18,26-27H,4-5,10-12,15H2,1-3H3. The van der Waals surface area contributed by atoms with Crippen molar-refractivity contribution < 1.29 is 33.5 Å². The van der Waals surface area contributed by atoms with E-state index in [1.807, 2.05) is 31.2 Å². The van der Waals surface area contributed by atoms with E-state index in [0.29, 0.717) is 41.3 Å². The minimum Gasteiger partial charge on any atom is -0.497 e. The third-order valence-corrected chi connectivity index (χ3v) is 7.53. The number of esters is 1. The molecule has 39 heavy (non-hydrogen) atoms. The van der Waals surface area contributed by atoms with Crippen LogP contribution in [0.2, 0.25) is 0 Å². The molecule has 2 aliphatic heterocycles. The second-order valence-electron chi connectivity index (χ2n) is 9.91. The molecule has 2 heterocycles. The Morgan fingerprint density at radius 3 is 2.54 bits per heavy atom. The van der Waals surface area contributed by atoms with Gasteiger partial charge in [0.05, 0.1) is 24.7 Å². The monoisotopic (exact) mass is 534 g/mol. The van der Waals surface area contributed by atoms with Gasteiger partial charge in [-0.15, -0.1) is 0 Å². The number of carbonyl (C=O) groups excluding carboxylic acids is 2. The molecule has 0 saturated heterocycles. The highest BCUT2D eigenvalue weighted by Gasteiger charge is 2.47. The number of methoxy groups -OCH3 is 1. The molecule has 3 unspecified atom stereocenters. The second-order valence-corrected chi connectivity index (χ2v) is 9.91. The van der Waals surface area contributed by atoms with Gasteiger partial charge >= 0.3 is 5.97 Å². The number of carbonyl (C=O) groups is 2. The Labute approximate surface area is 225 Å². The molecule has 0 fully saturated rings. The van der Waals surface area contributed by atoms with E-state index in [0.717, 1.165) is 12.0 Å². The Morgan fingerprint density at radius 1 is 1.15 bits per heavy atom. The zero-order valence-corrected chi connectivity index (χ0v) is 22.1. The van der Waals surface area contributed by atoms with E-state index in [-0.39, 0.29) is 48.5 Å². The van der Waals surface area contributed by atoms with Crippen LogP contribution in [0.3, 0.4) is 0 Å². The molecule has 0 aromatic heterocycles. The molecule has 0 saturated carbocycles. The van der Waals surface area contributed by atoms with Crippen LogP contribution in [0.5, 0.6) is 17.2 Å². The lowest BCUT2D eigenvalue weighted by atomic mass is 9.69. The van der Waals surface area contributed by atoms with Gasteiger partial charge in [-0.25, -0.2) is 0 Å². The SMILES string of the molecule is CCCCOC(=O)C1C(C)=NC2=C(C(=O)CC(c3ccc(OC)cc3)C2)C1c1cc2c(cc1[N+](=O)[O-])OCO2. The third kappa shape index (κ3) is 4.98. The van der Waals surface area contributed by atoms with Crippen molar-refractivity contribution >= 4 is 23.2 Å². The van der Waals surface area contributed by atoms with E-state index in [1.54, 1.807) is 14.0 Å². The number of nitro benzene ring substituents is 1. The Hall–Kier alpha value is -4.21. The Bertz CT molecular complexity index is 1380. The fourth-order valence-electron chi connectivity index (χ4n) is 5.57. The van der Waals surface area contributed by atoms with Crippen LogP contribution in [-0.2, 0) is 14.3 Å². The van der Waals surface area contributed by atoms with Gasteiger partial charge in [0.2, 0.25) is 6.79 Å². The molecule has 0 spiro atoms. The summed E-state index contributed by atoms with van der Waals surface area (Å²) in [6.07, 6.45) is 2.16. The van der Waals surface area contributed by atoms with Gasteiger partial charge in [-0.05, 0) is 49.4 Å². The zero-order chi connectivity index (χ0) is 27.7. The molecular weight excluding hydrogens is 504 g/mol. The number of ether oxygens (including phenoxy) is 4. The van der Waals surface area contributed by atoms with Crippen molar-refractivity contribution in [1.82, 2.24) is 0 Å². The van der Waals surface area contributed by atoms with Crippen molar-refractivity contribution in [3.05, 3.63) is 68.9 Å². The van der Waals surface area contributed by atoms with Crippen LogP contribution in [0.4, 0.5) is 5.69 Å². The van der Waals surface area contributed by atoms with Gasteiger partial charge in [0.1, 0.15) is 11.7 Å². The first-order valence-electron chi connectivity index (χ1n) is 13.0. The number of ketones is 1. The van der Waals surface area contributed by atoms with Crippen molar-refractivity contribution in [2.75, 3.05) is 20.5 Å². The van der Waals surface area contributed by atoms with Gasteiger partial charge in [0.25, 0.3) is 5.69 Å². The normalized spacial score (nSPS) is 21.8. The molecule has 3 atom stereocenters. The van der Waals surface area contributed by atoms with E-state index in [2.05, 4.69) is 0 Å². The fraction of sp³-hybridized carbons (Fsp3) is 0.414. The van der Waals surface area contributed by atoms with Crippen molar-refractivity contribution in [1.29, 1.82) is 0 Å². The van der Waals surface area contributed by atoms with Crippen molar-refractivity contribution in [3.8, 4) is 17.2 Å². The van der Waals surface area contributed by atoms with Crippen LogP contribution in [-0.4, -0.2) is 42.9 Å². The lowest BCUT2D eigenvalue weighted by molar-refractivity contribution is -0.385. The number of hydrogen-bond acceptors (Lipinski definition) is 9. The second kappa shape index (κ2) is 10.9. The zero-order valence-electron chi connectivity index (χ0n) is 22.1. The summed E-state index contributed by atoms with van der Waals surface area (Å²) in [5.74, 6) is -1.51. The maximum Gasteiger partial charge on any atom is 0.315 e. The number of nitro groups is 1. The Morgan fingerprint density at radius 2 is 1.87 bits per heavy atom. The smallest absolute Gasteiger partial charge is 0.315 e. The molecule has 2 aromatic rings. The van der Waals surface area contributed by atoms with Gasteiger partial charge in [0.15, 0.2) is 17.3 Å². The van der Waals surface area contributed by atoms with Gasteiger partial charge in [-0.2, -0.15) is 0 Å². The topological polar surface area (TPSA) is 127 Å². The van der Waals surface area contributed by atoms with Crippen LogP contribution in [0.15, 0.2) is 52.7 Å². The highest BCUT2D eigenvalue weighted by atomic mass is 16.7. The number of aliphatic imine (C=N–C) groups is 1. The highest BCUT2D eigenvalue weighted by molar-refractivity contribution is 6.09. The van der Waals surface area contributed by atoms with Gasteiger partial charge in [0, 0.05) is 34.9 Å². The summed E-state index contributed by atoms with van der Waals surface area (Å²) >= 11 is 0. The summed E-state index contributed by atoms with van der Waals surface area (Å²) in [4.78, 5) is 43.7. The Balaban J connectivity index is 1.61.